The molecule has 0 aliphatic carbocycles. The van der Waals surface area contributed by atoms with Crippen molar-refractivity contribution in [3.63, 3.8) is 0 Å². The van der Waals surface area contributed by atoms with E-state index in [-0.39, 0.29) is 0 Å². The van der Waals surface area contributed by atoms with E-state index in [1.54, 1.807) is 0 Å². The van der Waals surface area contributed by atoms with Crippen molar-refractivity contribution in [2.24, 2.45) is 0 Å². The van der Waals surface area contributed by atoms with E-state index in [0.29, 0.717) is 14.2 Å². The molecule has 0 aliphatic heterocycles. The SMILES string of the molecule is COB(OC)OC(c1c(F)c(F)c(F)c(F)c1F)(c1c(F)c(F)c(F)c(F)c1F)c1c(F)c(F)c(F)c(F)c1F. The van der Waals surface area contributed by atoms with Crippen molar-refractivity contribution in [1.29, 1.82) is 0 Å². The molecule has 0 aliphatic rings. The largest absolute Gasteiger partial charge is 0.640 e. The maximum absolute atomic E-state index is 15.1. The molecular weight excluding hydrogens is 596 g/mol. The zero-order valence-corrected chi connectivity index (χ0v) is 19.0. The molecule has 216 valence electrons. The Balaban J connectivity index is 2.90. The van der Waals surface area contributed by atoms with Crippen LogP contribution in [0.2, 0.25) is 0 Å². The first-order valence-corrected chi connectivity index (χ1v) is 9.81. The van der Waals surface area contributed by atoms with E-state index >= 15 is 26.3 Å². The Morgan fingerprint density at radius 1 is 0.350 bits per heavy atom. The van der Waals surface area contributed by atoms with Crippen LogP contribution in [-0.2, 0) is 19.6 Å². The number of benzene rings is 3. The molecule has 0 radical (unpaired) electrons. The highest BCUT2D eigenvalue weighted by Crippen LogP contribution is 2.50. The van der Waals surface area contributed by atoms with Gasteiger partial charge in [0.25, 0.3) is 0 Å². The van der Waals surface area contributed by atoms with Crippen molar-refractivity contribution in [2.45, 2.75) is 5.60 Å². The highest BCUT2D eigenvalue weighted by atomic mass is 19.2. The van der Waals surface area contributed by atoms with Gasteiger partial charge in [-0.2, -0.15) is 0 Å². The van der Waals surface area contributed by atoms with E-state index in [9.17, 15) is 39.5 Å². The van der Waals surface area contributed by atoms with Crippen molar-refractivity contribution < 1.29 is 79.8 Å². The van der Waals surface area contributed by atoms with Crippen molar-refractivity contribution in [2.75, 3.05) is 14.2 Å². The summed E-state index contributed by atoms with van der Waals surface area (Å²) in [6.45, 7) is 0. The zero-order chi connectivity index (χ0) is 30.6. The smallest absolute Gasteiger partial charge is 0.389 e. The average molecular weight is 602 g/mol. The van der Waals surface area contributed by atoms with Crippen molar-refractivity contribution in [3.05, 3.63) is 104 Å². The normalized spacial score (nSPS) is 11.9. The predicted octanol–water partition coefficient (Wildman–Crippen LogP) is 6.36. The number of hydrogen-bond acceptors (Lipinski definition) is 3. The maximum atomic E-state index is 15.1. The van der Waals surface area contributed by atoms with Gasteiger partial charge in [-0.3, -0.25) is 0 Å². The second kappa shape index (κ2) is 10.8. The van der Waals surface area contributed by atoms with Crippen LogP contribution in [0.5, 0.6) is 0 Å². The molecule has 3 aromatic carbocycles. The molecule has 0 saturated heterocycles. The van der Waals surface area contributed by atoms with E-state index in [4.69, 9.17) is 0 Å². The van der Waals surface area contributed by atoms with Gasteiger partial charge in [0.05, 0.1) is 16.7 Å². The van der Waals surface area contributed by atoms with Crippen LogP contribution in [-0.4, -0.2) is 21.5 Å². The molecule has 40 heavy (non-hydrogen) atoms. The van der Waals surface area contributed by atoms with Crippen LogP contribution in [0.4, 0.5) is 65.9 Å². The molecule has 0 amide bonds. The molecule has 0 saturated carbocycles. The molecule has 0 bridgehead atoms. The second-order valence-corrected chi connectivity index (χ2v) is 7.39. The van der Waals surface area contributed by atoms with Crippen LogP contribution >= 0.6 is 0 Å². The standard InChI is InChI=1S/C21H6BF15O3/c1-38-22(39-2)40-21(3-6(23)12(29)18(35)13(30)7(3)24,4-8(25)14(31)19(36)15(32)9(4)26)5-10(27)16(33)20(37)17(34)11(5)28/h1-2H3. The first-order chi connectivity index (χ1) is 18.5. The Morgan fingerprint density at radius 3 is 0.700 bits per heavy atom. The highest BCUT2D eigenvalue weighted by Gasteiger charge is 2.56. The number of hydrogen-bond donors (Lipinski definition) is 0. The van der Waals surface area contributed by atoms with Gasteiger partial charge in [-0.25, -0.2) is 65.9 Å². The minimum atomic E-state index is -5.17. The molecule has 0 aromatic heterocycles. The lowest BCUT2D eigenvalue weighted by Gasteiger charge is -2.38. The second-order valence-electron chi connectivity index (χ2n) is 7.39. The highest BCUT2D eigenvalue weighted by molar-refractivity contribution is 6.36. The van der Waals surface area contributed by atoms with Gasteiger partial charge >= 0.3 is 7.32 Å². The fraction of sp³-hybridized carbons (Fsp3) is 0.143. The summed E-state index contributed by atoms with van der Waals surface area (Å²) in [4.78, 5) is 0. The molecule has 19 heteroatoms. The molecule has 3 rings (SSSR count). The fourth-order valence-corrected chi connectivity index (χ4v) is 3.63. The minimum Gasteiger partial charge on any atom is -0.389 e. The zero-order valence-electron chi connectivity index (χ0n) is 19.0. The fourth-order valence-electron chi connectivity index (χ4n) is 3.63. The molecule has 0 N–H and O–H groups in total. The molecule has 3 nitrogen and oxygen atoms in total. The van der Waals surface area contributed by atoms with E-state index < -0.39 is 117 Å². The van der Waals surface area contributed by atoms with Gasteiger partial charge in [-0.15, -0.1) is 0 Å². The average Bonchev–Trinajstić information content (AvgIpc) is 2.93. The molecule has 0 unspecified atom stereocenters. The Morgan fingerprint density at radius 2 is 0.525 bits per heavy atom. The van der Waals surface area contributed by atoms with Crippen LogP contribution in [0.15, 0.2) is 0 Å². The Kier molecular flexibility index (Phi) is 8.43. The van der Waals surface area contributed by atoms with E-state index in [1.807, 2.05) is 0 Å². The van der Waals surface area contributed by atoms with Crippen LogP contribution in [0, 0.1) is 87.3 Å². The first-order valence-electron chi connectivity index (χ1n) is 9.81. The molecular formula is C21H6BF15O3. The maximum Gasteiger partial charge on any atom is 0.640 e. The monoisotopic (exact) mass is 602 g/mol. The summed E-state index contributed by atoms with van der Waals surface area (Å²) in [5.74, 6) is -47.7. The Labute approximate surface area is 211 Å². The molecule has 3 aromatic rings. The summed E-state index contributed by atoms with van der Waals surface area (Å²) in [6.07, 6.45) is 0. The quantitative estimate of drug-likeness (QED) is 0.104. The molecule has 0 fully saturated rings. The van der Waals surface area contributed by atoms with E-state index in [0.717, 1.165) is 0 Å². The van der Waals surface area contributed by atoms with Gasteiger partial charge in [0, 0.05) is 14.2 Å². The number of rotatable bonds is 7. The topological polar surface area (TPSA) is 27.7 Å². The van der Waals surface area contributed by atoms with Gasteiger partial charge in [-0.05, 0) is 0 Å². The first kappa shape index (κ1) is 31.1. The Hall–Kier alpha value is -3.45. The third-order valence-electron chi connectivity index (χ3n) is 5.34. The molecule has 0 heterocycles. The van der Waals surface area contributed by atoms with E-state index in [1.165, 1.54) is 0 Å². The summed E-state index contributed by atoms with van der Waals surface area (Å²) in [6, 6.07) is 0. The lowest BCUT2D eigenvalue weighted by molar-refractivity contribution is 0.0388. The molecule has 0 atom stereocenters. The summed E-state index contributed by atoms with van der Waals surface area (Å²) in [7, 11) is -1.96. The van der Waals surface area contributed by atoms with E-state index in [2.05, 4.69) is 14.0 Å². The van der Waals surface area contributed by atoms with Crippen molar-refractivity contribution >= 4 is 7.32 Å². The lowest BCUT2D eigenvalue weighted by atomic mass is 9.76. The van der Waals surface area contributed by atoms with Gasteiger partial charge < -0.3 is 14.0 Å². The lowest BCUT2D eigenvalue weighted by Crippen LogP contribution is -2.46. The third kappa shape index (κ3) is 4.26. The summed E-state index contributed by atoms with van der Waals surface area (Å²) in [5.41, 5.74) is -14.2. The Bertz CT molecular complexity index is 1270. The number of halogens is 15. The molecule has 0 spiro atoms. The van der Waals surface area contributed by atoms with Crippen LogP contribution in [0.25, 0.3) is 0 Å². The van der Waals surface area contributed by atoms with Crippen molar-refractivity contribution in [1.82, 2.24) is 0 Å². The summed E-state index contributed by atoms with van der Waals surface area (Å²) >= 11 is 0. The van der Waals surface area contributed by atoms with Gasteiger partial charge in [0.1, 0.15) is 0 Å². The minimum absolute atomic E-state index is 0.467. The third-order valence-corrected chi connectivity index (χ3v) is 5.34. The predicted molar refractivity (Wildman–Crippen MR) is 99.4 cm³/mol. The van der Waals surface area contributed by atoms with Crippen LogP contribution < -0.4 is 0 Å². The van der Waals surface area contributed by atoms with Crippen LogP contribution in [0.1, 0.15) is 16.7 Å². The van der Waals surface area contributed by atoms with Crippen LogP contribution in [0.3, 0.4) is 0 Å². The van der Waals surface area contributed by atoms with Gasteiger partial charge in [-0.1, -0.05) is 0 Å². The van der Waals surface area contributed by atoms with Gasteiger partial charge in [0.2, 0.25) is 17.5 Å². The van der Waals surface area contributed by atoms with Gasteiger partial charge in [0.15, 0.2) is 75.4 Å². The summed E-state index contributed by atoms with van der Waals surface area (Å²) in [5, 5.41) is 0. The van der Waals surface area contributed by atoms with Crippen molar-refractivity contribution in [3.8, 4) is 0 Å². The summed E-state index contributed by atoms with van der Waals surface area (Å²) < 4.78 is 231.